The van der Waals surface area contributed by atoms with Crippen molar-refractivity contribution in [3.05, 3.63) is 0 Å². The third kappa shape index (κ3) is 6.42. The van der Waals surface area contributed by atoms with Crippen LogP contribution in [0.25, 0.3) is 0 Å². The van der Waals surface area contributed by atoms with E-state index in [0.29, 0.717) is 19.5 Å². The van der Waals surface area contributed by atoms with E-state index >= 15 is 0 Å². The monoisotopic (exact) mass is 202 g/mol. The van der Waals surface area contributed by atoms with Crippen LogP contribution in [0.3, 0.4) is 0 Å². The molecule has 0 rings (SSSR count). The maximum atomic E-state index is 11.0. The highest BCUT2D eigenvalue weighted by Gasteiger charge is 2.11. The molecule has 14 heavy (non-hydrogen) atoms. The molecule has 0 aliphatic rings. The summed E-state index contributed by atoms with van der Waals surface area (Å²) < 4.78 is 0. The second kappa shape index (κ2) is 7.32. The summed E-state index contributed by atoms with van der Waals surface area (Å²) in [5.74, 6) is -0.935. The van der Waals surface area contributed by atoms with Gasteiger partial charge < -0.3 is 16.2 Å². The lowest BCUT2D eigenvalue weighted by Gasteiger charge is -2.12. The Morgan fingerprint density at radius 1 is 1.50 bits per heavy atom. The van der Waals surface area contributed by atoms with Crippen LogP contribution in [0.2, 0.25) is 0 Å². The van der Waals surface area contributed by atoms with Crippen LogP contribution in [0.5, 0.6) is 0 Å². The zero-order valence-electron chi connectivity index (χ0n) is 8.45. The van der Waals surface area contributed by atoms with Crippen LogP contribution < -0.4 is 11.1 Å². The van der Waals surface area contributed by atoms with Gasteiger partial charge in [-0.3, -0.25) is 9.59 Å². The highest BCUT2D eigenvalue weighted by atomic mass is 16.4. The summed E-state index contributed by atoms with van der Waals surface area (Å²) in [5, 5.41) is 11.2. The van der Waals surface area contributed by atoms with Crippen molar-refractivity contribution < 1.29 is 14.7 Å². The average Bonchev–Trinajstić information content (AvgIpc) is 2.12. The highest BCUT2D eigenvalue weighted by molar-refractivity contribution is 5.76. The molecule has 1 atom stereocenters. The molecule has 5 nitrogen and oxygen atoms in total. The highest BCUT2D eigenvalue weighted by Crippen LogP contribution is 2.06. The summed E-state index contributed by atoms with van der Waals surface area (Å²) >= 11 is 0. The molecule has 4 N–H and O–H groups in total. The predicted octanol–water partition coefficient (Wildman–Crippen LogP) is -0.0477. The molecule has 0 spiro atoms. The van der Waals surface area contributed by atoms with Crippen LogP contribution in [0, 0.1) is 5.92 Å². The molecule has 0 aliphatic carbocycles. The van der Waals surface area contributed by atoms with Crippen molar-refractivity contribution in [1.82, 2.24) is 5.32 Å². The quantitative estimate of drug-likeness (QED) is 0.539. The smallest absolute Gasteiger partial charge is 0.303 e. The number of hydrogen-bond donors (Lipinski definition) is 3. The van der Waals surface area contributed by atoms with Gasteiger partial charge in [0.2, 0.25) is 5.91 Å². The van der Waals surface area contributed by atoms with Crippen molar-refractivity contribution >= 4 is 11.9 Å². The van der Waals surface area contributed by atoms with Gasteiger partial charge in [-0.25, -0.2) is 0 Å². The minimum Gasteiger partial charge on any atom is -0.481 e. The number of carboxylic acids is 1. The van der Waals surface area contributed by atoms with Crippen LogP contribution in [0.1, 0.15) is 26.2 Å². The van der Waals surface area contributed by atoms with Gasteiger partial charge in [0, 0.05) is 25.9 Å². The Kier molecular flexibility index (Phi) is 6.74. The fourth-order valence-corrected chi connectivity index (χ4v) is 1.09. The average molecular weight is 202 g/mol. The maximum Gasteiger partial charge on any atom is 0.303 e. The van der Waals surface area contributed by atoms with E-state index in [1.54, 1.807) is 0 Å². The fraction of sp³-hybridized carbons (Fsp3) is 0.778. The van der Waals surface area contributed by atoms with Crippen molar-refractivity contribution in [1.29, 1.82) is 0 Å². The van der Waals surface area contributed by atoms with Crippen LogP contribution in [0.4, 0.5) is 0 Å². The van der Waals surface area contributed by atoms with Crippen molar-refractivity contribution in [3.63, 3.8) is 0 Å². The number of nitrogens with one attached hydrogen (secondary N) is 1. The molecule has 0 radical (unpaired) electrons. The van der Waals surface area contributed by atoms with Crippen molar-refractivity contribution in [2.24, 2.45) is 11.7 Å². The van der Waals surface area contributed by atoms with Gasteiger partial charge in [0.1, 0.15) is 0 Å². The van der Waals surface area contributed by atoms with E-state index in [9.17, 15) is 9.59 Å². The van der Waals surface area contributed by atoms with Gasteiger partial charge in [-0.2, -0.15) is 0 Å². The van der Waals surface area contributed by atoms with E-state index < -0.39 is 5.97 Å². The molecule has 0 fully saturated rings. The van der Waals surface area contributed by atoms with Crippen LogP contribution >= 0.6 is 0 Å². The number of carbonyl (C=O) groups is 2. The second-order valence-electron chi connectivity index (χ2n) is 3.21. The fourth-order valence-electron chi connectivity index (χ4n) is 1.09. The zero-order chi connectivity index (χ0) is 11.0. The van der Waals surface area contributed by atoms with Crippen molar-refractivity contribution in [2.45, 2.75) is 26.2 Å². The van der Waals surface area contributed by atoms with Crippen LogP contribution in [-0.2, 0) is 9.59 Å². The molecular formula is C9H18N2O3. The Balaban J connectivity index is 3.71. The molecule has 0 aromatic carbocycles. The molecular weight excluding hydrogens is 184 g/mol. The minimum absolute atomic E-state index is 0.00854. The molecule has 0 saturated heterocycles. The van der Waals surface area contributed by atoms with E-state index in [0.717, 1.165) is 6.42 Å². The first-order valence-corrected chi connectivity index (χ1v) is 4.78. The summed E-state index contributed by atoms with van der Waals surface area (Å²) in [5.41, 5.74) is 5.19. The summed E-state index contributed by atoms with van der Waals surface area (Å²) in [4.78, 5) is 21.4. The van der Waals surface area contributed by atoms with Gasteiger partial charge in [-0.1, -0.05) is 13.3 Å². The number of carboxylic acid groups (broad SMARTS) is 1. The Morgan fingerprint density at radius 2 is 2.14 bits per heavy atom. The van der Waals surface area contributed by atoms with Gasteiger partial charge in [0.25, 0.3) is 0 Å². The second-order valence-corrected chi connectivity index (χ2v) is 3.21. The van der Waals surface area contributed by atoms with E-state index in [2.05, 4.69) is 5.32 Å². The Bertz CT molecular complexity index is 194. The third-order valence-corrected chi connectivity index (χ3v) is 2.00. The number of aliphatic carboxylic acids is 1. The van der Waals surface area contributed by atoms with Crippen molar-refractivity contribution in [2.75, 3.05) is 13.1 Å². The standard InChI is InChI=1S/C9H18N2O3/c1-2-7(5-9(13)14)6-11-8(12)3-4-10/h7H,2-6,10H2,1H3,(H,11,12)(H,13,14). The Labute approximate surface area is 83.7 Å². The molecule has 1 amide bonds. The first kappa shape index (κ1) is 12.9. The molecule has 0 bridgehead atoms. The predicted molar refractivity (Wildman–Crippen MR) is 52.7 cm³/mol. The number of nitrogens with two attached hydrogens (primary N) is 1. The molecule has 0 aliphatic heterocycles. The van der Waals surface area contributed by atoms with Gasteiger partial charge in [0.15, 0.2) is 0 Å². The van der Waals surface area contributed by atoms with E-state index in [1.807, 2.05) is 6.92 Å². The summed E-state index contributed by atoms with van der Waals surface area (Å²) in [6.07, 6.45) is 1.14. The van der Waals surface area contributed by atoms with Crippen LogP contribution in [0.15, 0.2) is 0 Å². The normalized spacial score (nSPS) is 12.1. The van der Waals surface area contributed by atoms with E-state index in [1.165, 1.54) is 0 Å². The lowest BCUT2D eigenvalue weighted by Crippen LogP contribution is -2.31. The van der Waals surface area contributed by atoms with E-state index in [4.69, 9.17) is 10.8 Å². The van der Waals surface area contributed by atoms with E-state index in [-0.39, 0.29) is 18.2 Å². The summed E-state index contributed by atoms with van der Waals surface area (Å²) in [6.45, 7) is 2.64. The lowest BCUT2D eigenvalue weighted by molar-refractivity contribution is -0.138. The molecule has 5 heteroatoms. The summed E-state index contributed by atoms with van der Waals surface area (Å²) in [6, 6.07) is 0. The number of hydrogen-bond acceptors (Lipinski definition) is 3. The topological polar surface area (TPSA) is 92.4 Å². The molecule has 0 aromatic heterocycles. The largest absolute Gasteiger partial charge is 0.481 e. The SMILES string of the molecule is CCC(CNC(=O)CCN)CC(=O)O. The third-order valence-electron chi connectivity index (χ3n) is 2.00. The molecule has 0 heterocycles. The van der Waals surface area contributed by atoms with Gasteiger partial charge >= 0.3 is 5.97 Å². The van der Waals surface area contributed by atoms with Gasteiger partial charge in [0.05, 0.1) is 0 Å². The molecule has 82 valence electrons. The summed E-state index contributed by atoms with van der Waals surface area (Å²) in [7, 11) is 0. The number of amides is 1. The Hall–Kier alpha value is -1.10. The first-order chi connectivity index (χ1) is 6.60. The zero-order valence-corrected chi connectivity index (χ0v) is 8.45. The maximum absolute atomic E-state index is 11.0. The Morgan fingerprint density at radius 3 is 2.57 bits per heavy atom. The van der Waals surface area contributed by atoms with Gasteiger partial charge in [-0.05, 0) is 5.92 Å². The molecule has 0 aromatic rings. The lowest BCUT2D eigenvalue weighted by atomic mass is 10.0. The van der Waals surface area contributed by atoms with Crippen molar-refractivity contribution in [3.8, 4) is 0 Å². The first-order valence-electron chi connectivity index (χ1n) is 4.78. The molecule has 1 unspecified atom stereocenters. The van der Waals surface area contributed by atoms with Crippen LogP contribution in [-0.4, -0.2) is 30.1 Å². The number of rotatable bonds is 7. The van der Waals surface area contributed by atoms with Gasteiger partial charge in [-0.15, -0.1) is 0 Å². The minimum atomic E-state index is -0.829. The number of carbonyl (C=O) groups excluding carboxylic acids is 1. The molecule has 0 saturated carbocycles.